The minimum atomic E-state index is -2.83. The third-order valence-corrected chi connectivity index (χ3v) is 17.9. The molecule has 0 aliphatic carbocycles. The van der Waals surface area contributed by atoms with Crippen molar-refractivity contribution in [1.82, 2.24) is 9.13 Å². The molecule has 5 heteroatoms. The smallest absolute Gasteiger partial charge is 0.179 e. The second-order valence-corrected chi connectivity index (χ2v) is 20.5. The van der Waals surface area contributed by atoms with Gasteiger partial charge >= 0.3 is 0 Å². The van der Waals surface area contributed by atoms with Gasteiger partial charge in [0.05, 0.1) is 22.1 Å². The number of para-hydroxylation sites is 3. The lowest BCUT2D eigenvalue weighted by Crippen LogP contribution is -2.74. The summed E-state index contributed by atoms with van der Waals surface area (Å²) in [6.07, 6.45) is 0. The molecule has 0 saturated heterocycles. The molecule has 308 valence electrons. The molecule has 0 aliphatic rings. The average molecular weight is 852 g/mol. The van der Waals surface area contributed by atoms with Crippen LogP contribution in [0.15, 0.2) is 255 Å². The molecule has 0 aliphatic heterocycles. The van der Waals surface area contributed by atoms with Crippen LogP contribution in [0.1, 0.15) is 0 Å². The number of fused-ring (bicyclic) bond motifs is 6. The zero-order valence-corrected chi connectivity index (χ0v) is 36.5. The molecule has 0 spiro atoms. The van der Waals surface area contributed by atoms with Crippen LogP contribution in [0.3, 0.4) is 0 Å². The van der Waals surface area contributed by atoms with Crippen molar-refractivity contribution in [3.05, 3.63) is 261 Å². The molecule has 2 aromatic heterocycles. The van der Waals surface area contributed by atoms with Crippen molar-refractivity contribution in [2.75, 3.05) is 4.90 Å². The van der Waals surface area contributed by atoms with Gasteiger partial charge in [-0.2, -0.15) is 0 Å². The second-order valence-electron chi connectivity index (χ2n) is 16.7. The van der Waals surface area contributed by atoms with E-state index < -0.39 is 8.07 Å². The topological polar surface area (TPSA) is 13.1 Å². The zero-order valence-electron chi connectivity index (χ0n) is 35.5. The maximum absolute atomic E-state index is 14.2. The van der Waals surface area contributed by atoms with E-state index in [9.17, 15) is 4.39 Å². The molecule has 0 saturated carbocycles. The first-order valence-corrected chi connectivity index (χ1v) is 24.1. The number of hydrogen-bond donors (Lipinski definition) is 0. The van der Waals surface area contributed by atoms with Crippen molar-refractivity contribution >= 4 is 89.5 Å². The fourth-order valence-electron chi connectivity index (χ4n) is 10.3. The van der Waals surface area contributed by atoms with E-state index in [1.807, 2.05) is 12.1 Å². The number of nitrogens with zero attached hydrogens (tertiary/aromatic N) is 3. The quantitative estimate of drug-likeness (QED) is 0.104. The lowest BCUT2D eigenvalue weighted by molar-refractivity contribution is 0.627. The molecule has 0 unspecified atom stereocenters. The Kier molecular flexibility index (Phi) is 9.36. The molecule has 0 bridgehead atoms. The molecule has 2 heterocycles. The Labute approximate surface area is 378 Å². The van der Waals surface area contributed by atoms with E-state index in [0.29, 0.717) is 0 Å². The van der Waals surface area contributed by atoms with Gasteiger partial charge in [-0.05, 0) is 118 Å². The number of rotatable bonds is 9. The van der Waals surface area contributed by atoms with Crippen LogP contribution in [0.25, 0.3) is 55.0 Å². The van der Waals surface area contributed by atoms with Crippen molar-refractivity contribution in [1.29, 1.82) is 0 Å². The maximum atomic E-state index is 14.2. The summed E-state index contributed by atoms with van der Waals surface area (Å²) >= 11 is 0. The van der Waals surface area contributed by atoms with Gasteiger partial charge in [-0.3, -0.25) is 0 Å². The predicted octanol–water partition coefficient (Wildman–Crippen LogP) is 12.9. The summed E-state index contributed by atoms with van der Waals surface area (Å²) in [5.41, 5.74) is 9.63. The summed E-state index contributed by atoms with van der Waals surface area (Å²) < 4.78 is 18.8. The summed E-state index contributed by atoms with van der Waals surface area (Å²) in [6, 6.07) is 91.0. The first-order valence-electron chi connectivity index (χ1n) is 22.1. The minimum absolute atomic E-state index is 0.250. The fraction of sp³-hybridized carbons (Fsp3) is 0. The van der Waals surface area contributed by atoms with E-state index in [1.54, 1.807) is 0 Å². The van der Waals surface area contributed by atoms with Crippen molar-refractivity contribution in [2.24, 2.45) is 0 Å². The van der Waals surface area contributed by atoms with Gasteiger partial charge in [0.25, 0.3) is 0 Å². The Bertz CT molecular complexity index is 3550. The molecule has 0 amide bonds. The molecular weight excluding hydrogens is 810 g/mol. The second kappa shape index (κ2) is 15.8. The third-order valence-electron chi connectivity index (χ3n) is 13.1. The monoisotopic (exact) mass is 851 g/mol. The Morgan fingerprint density at radius 3 is 1.23 bits per heavy atom. The largest absolute Gasteiger partial charge is 0.310 e. The molecule has 10 aromatic carbocycles. The van der Waals surface area contributed by atoms with Gasteiger partial charge in [0.1, 0.15) is 5.82 Å². The number of aromatic nitrogens is 2. The van der Waals surface area contributed by atoms with Crippen LogP contribution >= 0.6 is 0 Å². The standard InChI is InChI=1S/C60H42FN3Si/c61-43-30-32-46(33-31-43)64-57-29-17-16-28-53(57)54-40-47(34-37-58(54)64)62(44-18-6-1-7-19-44)48-35-38-59-55(41-48)56-42-52(36-39-60(56)63(59)45-20-8-2-9-21-45)65(49-22-10-3-11-23-49,50-24-12-4-13-25-50)51-26-14-5-15-27-51/h1-42H. The van der Waals surface area contributed by atoms with Crippen molar-refractivity contribution < 1.29 is 4.39 Å². The van der Waals surface area contributed by atoms with Crippen LogP contribution in [0.4, 0.5) is 21.5 Å². The summed E-state index contributed by atoms with van der Waals surface area (Å²) in [7, 11) is -2.83. The van der Waals surface area contributed by atoms with Crippen LogP contribution < -0.4 is 25.6 Å². The Morgan fingerprint density at radius 1 is 0.292 bits per heavy atom. The van der Waals surface area contributed by atoms with Crippen LogP contribution in [0.2, 0.25) is 0 Å². The van der Waals surface area contributed by atoms with Gasteiger partial charge < -0.3 is 14.0 Å². The zero-order chi connectivity index (χ0) is 43.3. The van der Waals surface area contributed by atoms with Crippen LogP contribution in [-0.2, 0) is 0 Å². The Balaban J connectivity index is 1.12. The van der Waals surface area contributed by atoms with Crippen molar-refractivity contribution in [2.45, 2.75) is 0 Å². The van der Waals surface area contributed by atoms with E-state index in [-0.39, 0.29) is 5.82 Å². The SMILES string of the molecule is Fc1ccc(-n2c3ccccc3c3cc(N(c4ccccc4)c4ccc5c(c4)c4cc([Si](c6ccccc6)(c6ccccc6)c6ccccc6)ccc4n5-c4ccccc4)ccc32)cc1. The summed E-state index contributed by atoms with van der Waals surface area (Å²) in [5.74, 6) is -0.250. The van der Waals surface area contributed by atoms with Crippen LogP contribution in [-0.4, -0.2) is 17.2 Å². The first kappa shape index (κ1) is 38.4. The highest BCUT2D eigenvalue weighted by Gasteiger charge is 2.41. The molecule has 12 rings (SSSR count). The molecule has 0 radical (unpaired) electrons. The first-order chi connectivity index (χ1) is 32.2. The molecule has 12 aromatic rings. The molecule has 3 nitrogen and oxygen atoms in total. The highest BCUT2D eigenvalue weighted by molar-refractivity contribution is 7.20. The van der Waals surface area contributed by atoms with E-state index in [0.717, 1.165) is 61.3 Å². The summed E-state index contributed by atoms with van der Waals surface area (Å²) in [6.45, 7) is 0. The predicted molar refractivity (Wildman–Crippen MR) is 273 cm³/mol. The Hall–Kier alpha value is -8.25. The number of benzene rings is 10. The fourth-order valence-corrected chi connectivity index (χ4v) is 15.1. The lowest BCUT2D eigenvalue weighted by atomic mass is 10.1. The molecule has 0 fully saturated rings. The summed E-state index contributed by atoms with van der Waals surface area (Å²) in [5, 5.41) is 10.00. The molecular formula is C60H42FN3Si. The van der Waals surface area contributed by atoms with E-state index >= 15 is 0 Å². The third kappa shape index (κ3) is 6.31. The number of halogens is 1. The highest BCUT2D eigenvalue weighted by atomic mass is 28.3. The number of anilines is 3. The van der Waals surface area contributed by atoms with E-state index in [4.69, 9.17) is 0 Å². The van der Waals surface area contributed by atoms with E-state index in [2.05, 4.69) is 245 Å². The van der Waals surface area contributed by atoms with Gasteiger partial charge in [-0.15, -0.1) is 0 Å². The maximum Gasteiger partial charge on any atom is 0.179 e. The van der Waals surface area contributed by atoms with Gasteiger partial charge in [-0.1, -0.05) is 158 Å². The average Bonchev–Trinajstić information content (AvgIpc) is 3.88. The van der Waals surface area contributed by atoms with Crippen LogP contribution in [0, 0.1) is 5.82 Å². The highest BCUT2D eigenvalue weighted by Crippen LogP contribution is 2.42. The molecule has 0 N–H and O–H groups in total. The van der Waals surface area contributed by atoms with E-state index in [1.165, 1.54) is 43.7 Å². The van der Waals surface area contributed by atoms with Gasteiger partial charge in [0.2, 0.25) is 0 Å². The minimum Gasteiger partial charge on any atom is -0.310 e. The Morgan fingerprint density at radius 2 is 0.692 bits per heavy atom. The number of hydrogen-bond acceptors (Lipinski definition) is 1. The van der Waals surface area contributed by atoms with Gasteiger partial charge in [0, 0.05) is 50.0 Å². The normalized spacial score (nSPS) is 11.8. The summed E-state index contributed by atoms with van der Waals surface area (Å²) in [4.78, 5) is 2.37. The van der Waals surface area contributed by atoms with Gasteiger partial charge in [-0.25, -0.2) is 4.39 Å². The van der Waals surface area contributed by atoms with Crippen molar-refractivity contribution in [3.8, 4) is 11.4 Å². The van der Waals surface area contributed by atoms with Crippen LogP contribution in [0.5, 0.6) is 0 Å². The molecule has 0 atom stereocenters. The van der Waals surface area contributed by atoms with Crippen molar-refractivity contribution in [3.63, 3.8) is 0 Å². The lowest BCUT2D eigenvalue weighted by Gasteiger charge is -2.34. The van der Waals surface area contributed by atoms with Gasteiger partial charge in [0.15, 0.2) is 8.07 Å². The molecule has 65 heavy (non-hydrogen) atoms.